The Balaban J connectivity index is 1.61. The highest BCUT2D eigenvalue weighted by Gasteiger charge is 2.33. The summed E-state index contributed by atoms with van der Waals surface area (Å²) in [6.07, 6.45) is 0.259. The Morgan fingerprint density at radius 2 is 2.16 bits per heavy atom. The number of thiocarbonyl (C=S) groups is 1. The second-order valence-electron chi connectivity index (χ2n) is 6.85. The van der Waals surface area contributed by atoms with Crippen molar-refractivity contribution >= 4 is 53.1 Å². The van der Waals surface area contributed by atoms with Crippen LogP contribution in [-0.2, 0) is 23.8 Å². The Bertz CT molecular complexity index is 945. The Kier molecular flexibility index (Phi) is 7.41. The van der Waals surface area contributed by atoms with Gasteiger partial charge in [0.15, 0.2) is 6.61 Å². The molecule has 2 aliphatic heterocycles. The Morgan fingerprint density at radius 1 is 1.38 bits per heavy atom. The molecule has 2 aliphatic rings. The van der Waals surface area contributed by atoms with E-state index in [0.717, 1.165) is 5.01 Å². The molecule has 1 aromatic rings. The van der Waals surface area contributed by atoms with Crippen molar-refractivity contribution in [3.8, 4) is 0 Å². The van der Waals surface area contributed by atoms with E-state index < -0.39 is 36.5 Å². The average molecular weight is 467 g/mol. The molecule has 0 saturated carbocycles. The topological polar surface area (TPSA) is 113 Å². The van der Waals surface area contributed by atoms with Gasteiger partial charge in [-0.25, -0.2) is 14.2 Å². The Morgan fingerprint density at radius 3 is 2.78 bits per heavy atom. The van der Waals surface area contributed by atoms with Crippen LogP contribution in [0.2, 0.25) is 0 Å². The van der Waals surface area contributed by atoms with Crippen molar-refractivity contribution in [3.63, 3.8) is 0 Å². The highest BCUT2D eigenvalue weighted by atomic mass is 32.1. The molecular formula is C19H22FN5O6S. The molecule has 1 N–H and O–H groups in total. The molecule has 1 aromatic carbocycles. The lowest BCUT2D eigenvalue weighted by molar-refractivity contribution is -0.150. The lowest BCUT2D eigenvalue weighted by Crippen LogP contribution is -2.42. The number of carbonyl (C=O) groups is 3. The van der Waals surface area contributed by atoms with Crippen LogP contribution < -0.4 is 15.1 Å². The fraction of sp³-hybridized carbons (Fsp3) is 0.421. The first-order valence-corrected chi connectivity index (χ1v) is 10.0. The first-order chi connectivity index (χ1) is 15.3. The largest absolute Gasteiger partial charge is 0.474 e. The zero-order valence-electron chi connectivity index (χ0n) is 17.4. The van der Waals surface area contributed by atoms with Crippen molar-refractivity contribution in [3.05, 3.63) is 24.0 Å². The summed E-state index contributed by atoms with van der Waals surface area (Å²) in [4.78, 5) is 37.8. The van der Waals surface area contributed by atoms with E-state index in [9.17, 15) is 18.8 Å². The van der Waals surface area contributed by atoms with E-state index in [2.05, 4.69) is 15.2 Å². The Hall–Kier alpha value is -3.48. The van der Waals surface area contributed by atoms with Gasteiger partial charge in [-0.05, 0) is 30.4 Å². The molecule has 0 spiro atoms. The van der Waals surface area contributed by atoms with Crippen molar-refractivity contribution in [2.45, 2.75) is 13.0 Å². The summed E-state index contributed by atoms with van der Waals surface area (Å²) >= 11 is 4.89. The number of benzene rings is 1. The molecule has 0 aromatic heterocycles. The molecule has 1 atom stereocenters. The Labute approximate surface area is 188 Å². The lowest BCUT2D eigenvalue weighted by Gasteiger charge is -2.29. The van der Waals surface area contributed by atoms with Crippen molar-refractivity contribution in [1.82, 2.24) is 10.3 Å². The van der Waals surface area contributed by atoms with Crippen molar-refractivity contribution in [2.75, 3.05) is 49.7 Å². The molecule has 0 radical (unpaired) electrons. The summed E-state index contributed by atoms with van der Waals surface area (Å²) in [5.74, 6) is -1.61. The zero-order chi connectivity index (χ0) is 23.3. The van der Waals surface area contributed by atoms with E-state index >= 15 is 0 Å². The third-order valence-corrected chi connectivity index (χ3v) is 4.97. The van der Waals surface area contributed by atoms with Gasteiger partial charge in [0.25, 0.3) is 11.1 Å². The molecule has 172 valence electrons. The third kappa shape index (κ3) is 5.60. The molecule has 0 bridgehead atoms. The summed E-state index contributed by atoms with van der Waals surface area (Å²) < 4.78 is 29.6. The normalized spacial score (nSPS) is 17.8. The number of rotatable bonds is 6. The van der Waals surface area contributed by atoms with Gasteiger partial charge in [0.05, 0.1) is 38.1 Å². The fourth-order valence-corrected chi connectivity index (χ4v) is 3.14. The number of nitrogens with one attached hydrogen (secondary N) is 1. The lowest BCUT2D eigenvalue weighted by atomic mass is 10.2. The van der Waals surface area contributed by atoms with Gasteiger partial charge in [0.1, 0.15) is 18.3 Å². The highest BCUT2D eigenvalue weighted by molar-refractivity contribution is 7.80. The quantitative estimate of drug-likeness (QED) is 0.480. The molecule has 11 nitrogen and oxygen atoms in total. The molecule has 1 fully saturated rings. The van der Waals surface area contributed by atoms with E-state index in [1.807, 2.05) is 0 Å². The van der Waals surface area contributed by atoms with Gasteiger partial charge in [-0.3, -0.25) is 14.5 Å². The first-order valence-electron chi connectivity index (χ1n) is 9.62. The van der Waals surface area contributed by atoms with Crippen LogP contribution in [0.3, 0.4) is 0 Å². The molecular weight excluding hydrogens is 445 g/mol. The fourth-order valence-electron chi connectivity index (χ4n) is 3.06. The van der Waals surface area contributed by atoms with Crippen LogP contribution >= 0.6 is 12.2 Å². The molecule has 3 rings (SSSR count). The number of cyclic esters (lactones) is 1. The SMILES string of the molecule is COC(=S)NC[C@H]1CN(c2ccc(N3C=NN(C(=O)COC(C)=O)CC3)c(F)c2)C(=O)O1. The van der Waals surface area contributed by atoms with Crippen LogP contribution in [-0.4, -0.2) is 80.5 Å². The van der Waals surface area contributed by atoms with Gasteiger partial charge in [-0.15, -0.1) is 0 Å². The van der Waals surface area contributed by atoms with Crippen LogP contribution in [0.25, 0.3) is 0 Å². The third-order valence-electron chi connectivity index (χ3n) is 4.66. The van der Waals surface area contributed by atoms with Gasteiger partial charge in [-0.2, -0.15) is 5.10 Å². The molecule has 13 heteroatoms. The van der Waals surface area contributed by atoms with Crippen LogP contribution in [0.5, 0.6) is 0 Å². The molecule has 32 heavy (non-hydrogen) atoms. The number of hydrogen-bond donors (Lipinski definition) is 1. The predicted octanol–water partition coefficient (Wildman–Crippen LogP) is 0.827. The number of methoxy groups -OCH3 is 1. The standard InChI is InChI=1S/C19H22FN5O6S/c1-12(26)30-10-17(27)25-6-5-23(11-22-25)16-4-3-13(7-15(16)20)24-9-14(31-19(24)28)8-21-18(32)29-2/h3-4,7,11,14H,5-6,8-10H2,1-2H3,(H,21,32)/t14-/m0/s1. The number of ether oxygens (including phenoxy) is 3. The van der Waals surface area contributed by atoms with Crippen LogP contribution in [0.4, 0.5) is 20.6 Å². The van der Waals surface area contributed by atoms with Gasteiger partial charge in [0, 0.05) is 13.5 Å². The van der Waals surface area contributed by atoms with E-state index in [-0.39, 0.29) is 37.0 Å². The smallest absolute Gasteiger partial charge is 0.414 e. The van der Waals surface area contributed by atoms with Crippen LogP contribution in [0.1, 0.15) is 6.92 Å². The zero-order valence-corrected chi connectivity index (χ0v) is 18.3. The van der Waals surface area contributed by atoms with Crippen molar-refractivity contribution < 1.29 is 33.0 Å². The van der Waals surface area contributed by atoms with Crippen LogP contribution in [0, 0.1) is 5.82 Å². The number of halogens is 1. The summed E-state index contributed by atoms with van der Waals surface area (Å²) in [6, 6.07) is 4.35. The van der Waals surface area contributed by atoms with E-state index in [4.69, 9.17) is 21.7 Å². The number of carbonyl (C=O) groups excluding carboxylic acids is 3. The summed E-state index contributed by atoms with van der Waals surface area (Å²) in [5.41, 5.74) is 0.584. The second kappa shape index (κ2) is 10.2. The highest BCUT2D eigenvalue weighted by Crippen LogP contribution is 2.28. The molecule has 2 heterocycles. The second-order valence-corrected chi connectivity index (χ2v) is 7.22. The number of anilines is 2. The molecule has 0 aliphatic carbocycles. The summed E-state index contributed by atoms with van der Waals surface area (Å²) in [7, 11) is 1.43. The molecule has 0 unspecified atom stereocenters. The minimum absolute atomic E-state index is 0.185. The van der Waals surface area contributed by atoms with Crippen LogP contribution in [0.15, 0.2) is 23.3 Å². The minimum Gasteiger partial charge on any atom is -0.474 e. The molecule has 2 amide bonds. The molecule has 1 saturated heterocycles. The van der Waals surface area contributed by atoms with E-state index in [0.29, 0.717) is 5.69 Å². The average Bonchev–Trinajstić information content (AvgIpc) is 3.16. The first kappa shape index (κ1) is 23.2. The number of nitrogens with zero attached hydrogens (tertiary/aromatic N) is 4. The maximum Gasteiger partial charge on any atom is 0.414 e. The number of esters is 1. The van der Waals surface area contributed by atoms with Gasteiger partial charge in [0.2, 0.25) is 0 Å². The number of amides is 2. The minimum atomic E-state index is -0.589. The van der Waals surface area contributed by atoms with Crippen molar-refractivity contribution in [1.29, 1.82) is 0 Å². The summed E-state index contributed by atoms with van der Waals surface area (Å²) in [6.45, 7) is 1.76. The number of hydrazone groups is 1. The van der Waals surface area contributed by atoms with Gasteiger partial charge >= 0.3 is 12.1 Å². The predicted molar refractivity (Wildman–Crippen MR) is 116 cm³/mol. The van der Waals surface area contributed by atoms with Gasteiger partial charge in [-0.1, -0.05) is 0 Å². The number of hydrogen-bond acceptors (Lipinski definition) is 9. The van der Waals surface area contributed by atoms with E-state index in [1.54, 1.807) is 6.07 Å². The maximum absolute atomic E-state index is 14.8. The monoisotopic (exact) mass is 467 g/mol. The van der Waals surface area contributed by atoms with Gasteiger partial charge < -0.3 is 24.4 Å². The van der Waals surface area contributed by atoms with E-state index in [1.165, 1.54) is 42.3 Å². The van der Waals surface area contributed by atoms with Crippen molar-refractivity contribution in [2.24, 2.45) is 5.10 Å². The maximum atomic E-state index is 14.8. The summed E-state index contributed by atoms with van der Waals surface area (Å²) in [5, 5.41) is 8.13.